The van der Waals surface area contributed by atoms with Gasteiger partial charge in [-0.25, -0.2) is 4.39 Å². The number of amides is 1. The van der Waals surface area contributed by atoms with Crippen LogP contribution < -0.4 is 5.32 Å². The third-order valence-electron chi connectivity index (χ3n) is 4.91. The van der Waals surface area contributed by atoms with E-state index in [-0.39, 0.29) is 10.9 Å². The predicted molar refractivity (Wildman–Crippen MR) is 86.6 cm³/mol. The van der Waals surface area contributed by atoms with E-state index >= 15 is 0 Å². The van der Waals surface area contributed by atoms with Gasteiger partial charge in [0.25, 0.3) is 0 Å². The highest BCUT2D eigenvalue weighted by Gasteiger charge is 2.33. The molecule has 120 valence electrons. The minimum Gasteiger partial charge on any atom is -0.324 e. The van der Waals surface area contributed by atoms with Gasteiger partial charge in [0.2, 0.25) is 5.91 Å². The third kappa shape index (κ3) is 3.61. The zero-order valence-corrected chi connectivity index (χ0v) is 13.4. The van der Waals surface area contributed by atoms with Gasteiger partial charge in [-0.2, -0.15) is 0 Å². The molecule has 0 bridgehead atoms. The number of piperidine rings is 1. The molecule has 3 rings (SSSR count). The fourth-order valence-corrected chi connectivity index (χ4v) is 4.10. The van der Waals surface area contributed by atoms with E-state index in [1.807, 2.05) is 0 Å². The molecule has 1 heterocycles. The molecule has 1 N–H and O–H groups in total. The Labute approximate surface area is 135 Å². The molecule has 5 heteroatoms. The van der Waals surface area contributed by atoms with Gasteiger partial charge >= 0.3 is 0 Å². The Hall–Kier alpha value is -1.13. The van der Waals surface area contributed by atoms with Gasteiger partial charge in [0.15, 0.2) is 0 Å². The second-order valence-electron chi connectivity index (χ2n) is 6.40. The number of fused-ring (bicyclic) bond motifs is 1. The number of carbonyl (C=O) groups excluding carboxylic acids is 1. The Morgan fingerprint density at radius 3 is 2.86 bits per heavy atom. The Balaban J connectivity index is 1.61. The molecule has 0 spiro atoms. The van der Waals surface area contributed by atoms with Gasteiger partial charge in [-0.15, -0.1) is 0 Å². The molecule has 1 aromatic carbocycles. The summed E-state index contributed by atoms with van der Waals surface area (Å²) in [6.45, 7) is 1.39. The lowest BCUT2D eigenvalue weighted by Crippen LogP contribution is -2.49. The molecule has 22 heavy (non-hydrogen) atoms. The number of carbonyl (C=O) groups is 1. The van der Waals surface area contributed by atoms with Crippen LogP contribution in [0.3, 0.4) is 0 Å². The first-order valence-corrected chi connectivity index (χ1v) is 8.50. The van der Waals surface area contributed by atoms with Crippen molar-refractivity contribution in [3.63, 3.8) is 0 Å². The Bertz CT molecular complexity index is 549. The first-order chi connectivity index (χ1) is 10.6. The molecule has 1 amide bonds. The van der Waals surface area contributed by atoms with Crippen molar-refractivity contribution in [3.05, 3.63) is 29.0 Å². The highest BCUT2D eigenvalue weighted by molar-refractivity contribution is 6.33. The molecule has 1 aliphatic carbocycles. The van der Waals surface area contributed by atoms with E-state index in [4.69, 9.17) is 11.6 Å². The number of hydrogen-bond acceptors (Lipinski definition) is 2. The molecule has 0 radical (unpaired) electrons. The summed E-state index contributed by atoms with van der Waals surface area (Å²) >= 11 is 5.96. The molecule has 1 aliphatic heterocycles. The summed E-state index contributed by atoms with van der Waals surface area (Å²) in [6, 6.07) is 4.58. The zero-order valence-electron chi connectivity index (χ0n) is 12.7. The van der Waals surface area contributed by atoms with E-state index in [1.165, 1.54) is 56.7 Å². The predicted octanol–water partition coefficient (Wildman–Crippen LogP) is 4.07. The summed E-state index contributed by atoms with van der Waals surface area (Å²) in [5.41, 5.74) is 0.477. The van der Waals surface area contributed by atoms with Crippen molar-refractivity contribution in [2.75, 3.05) is 18.4 Å². The lowest BCUT2D eigenvalue weighted by Gasteiger charge is -2.43. The lowest BCUT2D eigenvalue weighted by atomic mass is 9.78. The summed E-state index contributed by atoms with van der Waals surface area (Å²) in [5.74, 6) is 0.286. The number of halogens is 2. The van der Waals surface area contributed by atoms with Crippen molar-refractivity contribution in [2.45, 2.75) is 44.6 Å². The van der Waals surface area contributed by atoms with Crippen LogP contribution in [-0.4, -0.2) is 29.9 Å². The average Bonchev–Trinajstić information content (AvgIpc) is 2.50. The largest absolute Gasteiger partial charge is 0.324 e. The minimum atomic E-state index is -0.399. The standard InChI is InChI=1S/C17H22ClFN2O/c18-14-10-13(19)7-8-15(14)20-17(22)11-21-9-3-5-12-4-1-2-6-16(12)21/h7-8,10,12,16H,1-6,9,11H2,(H,20,22)/t12-,16+/m1/s1. The highest BCUT2D eigenvalue weighted by atomic mass is 35.5. The van der Waals surface area contributed by atoms with Gasteiger partial charge in [0.1, 0.15) is 5.82 Å². The van der Waals surface area contributed by atoms with Crippen LogP contribution in [0.25, 0.3) is 0 Å². The molecular weight excluding hydrogens is 303 g/mol. The van der Waals surface area contributed by atoms with E-state index in [9.17, 15) is 9.18 Å². The summed E-state index contributed by atoms with van der Waals surface area (Å²) in [7, 11) is 0. The fourth-order valence-electron chi connectivity index (χ4n) is 3.89. The van der Waals surface area contributed by atoms with Crippen molar-refractivity contribution >= 4 is 23.2 Å². The summed E-state index contributed by atoms with van der Waals surface area (Å²) in [4.78, 5) is 14.6. The Morgan fingerprint density at radius 1 is 1.27 bits per heavy atom. The van der Waals surface area contributed by atoms with Crippen LogP contribution in [0.15, 0.2) is 18.2 Å². The smallest absolute Gasteiger partial charge is 0.238 e. The molecule has 0 unspecified atom stereocenters. The molecule has 1 saturated carbocycles. The highest BCUT2D eigenvalue weighted by Crippen LogP contribution is 2.35. The number of nitrogens with one attached hydrogen (secondary N) is 1. The Kier molecular flexibility index (Phi) is 4.99. The number of benzene rings is 1. The van der Waals surface area contributed by atoms with Gasteiger partial charge in [0, 0.05) is 6.04 Å². The van der Waals surface area contributed by atoms with Crippen LogP contribution in [0, 0.1) is 11.7 Å². The molecule has 1 aromatic rings. The fraction of sp³-hybridized carbons (Fsp3) is 0.588. The number of rotatable bonds is 3. The van der Waals surface area contributed by atoms with Gasteiger partial charge in [-0.1, -0.05) is 24.4 Å². The first-order valence-electron chi connectivity index (χ1n) is 8.12. The topological polar surface area (TPSA) is 32.3 Å². The maximum absolute atomic E-state index is 13.0. The molecular formula is C17H22ClFN2O. The van der Waals surface area contributed by atoms with E-state index in [0.29, 0.717) is 18.3 Å². The first kappa shape index (κ1) is 15.8. The summed E-state index contributed by atoms with van der Waals surface area (Å²) in [6.07, 6.45) is 7.57. The summed E-state index contributed by atoms with van der Waals surface area (Å²) < 4.78 is 13.0. The lowest BCUT2D eigenvalue weighted by molar-refractivity contribution is -0.118. The van der Waals surface area contributed by atoms with E-state index < -0.39 is 5.82 Å². The normalized spacial score (nSPS) is 25.5. The van der Waals surface area contributed by atoms with Crippen molar-refractivity contribution in [2.24, 2.45) is 5.92 Å². The zero-order chi connectivity index (χ0) is 15.5. The Morgan fingerprint density at radius 2 is 2.05 bits per heavy atom. The van der Waals surface area contributed by atoms with Crippen LogP contribution in [0.4, 0.5) is 10.1 Å². The molecule has 2 atom stereocenters. The van der Waals surface area contributed by atoms with Crippen molar-refractivity contribution in [3.8, 4) is 0 Å². The SMILES string of the molecule is O=C(CN1CCC[C@H]2CCCC[C@@H]21)Nc1ccc(F)cc1Cl. The van der Waals surface area contributed by atoms with Crippen LogP contribution in [0.2, 0.25) is 5.02 Å². The van der Waals surface area contributed by atoms with Crippen LogP contribution in [0.1, 0.15) is 38.5 Å². The van der Waals surface area contributed by atoms with Crippen LogP contribution >= 0.6 is 11.6 Å². The molecule has 2 fully saturated rings. The van der Waals surface area contributed by atoms with Gasteiger partial charge < -0.3 is 5.32 Å². The van der Waals surface area contributed by atoms with E-state index in [0.717, 1.165) is 12.5 Å². The number of nitrogens with zero attached hydrogens (tertiary/aromatic N) is 1. The molecule has 3 nitrogen and oxygen atoms in total. The second kappa shape index (κ2) is 6.97. The minimum absolute atomic E-state index is 0.0697. The monoisotopic (exact) mass is 324 g/mol. The third-order valence-corrected chi connectivity index (χ3v) is 5.22. The molecule has 2 aliphatic rings. The molecule has 1 saturated heterocycles. The quantitative estimate of drug-likeness (QED) is 0.909. The van der Waals surface area contributed by atoms with E-state index in [1.54, 1.807) is 0 Å². The number of likely N-dealkylation sites (tertiary alicyclic amines) is 1. The van der Waals surface area contributed by atoms with E-state index in [2.05, 4.69) is 10.2 Å². The maximum atomic E-state index is 13.0. The number of anilines is 1. The molecule has 0 aromatic heterocycles. The van der Waals surface area contributed by atoms with Gasteiger partial charge in [0.05, 0.1) is 17.3 Å². The van der Waals surface area contributed by atoms with Gasteiger partial charge in [-0.3, -0.25) is 9.69 Å². The second-order valence-corrected chi connectivity index (χ2v) is 6.80. The van der Waals surface area contributed by atoms with Crippen molar-refractivity contribution in [1.29, 1.82) is 0 Å². The van der Waals surface area contributed by atoms with Crippen LogP contribution in [-0.2, 0) is 4.79 Å². The van der Waals surface area contributed by atoms with Crippen LogP contribution in [0.5, 0.6) is 0 Å². The average molecular weight is 325 g/mol. The van der Waals surface area contributed by atoms with Crippen molar-refractivity contribution in [1.82, 2.24) is 4.90 Å². The van der Waals surface area contributed by atoms with Crippen molar-refractivity contribution < 1.29 is 9.18 Å². The maximum Gasteiger partial charge on any atom is 0.238 e. The van der Waals surface area contributed by atoms with Gasteiger partial charge in [-0.05, 0) is 56.3 Å². The number of hydrogen-bond donors (Lipinski definition) is 1. The summed E-state index contributed by atoms with van der Waals surface area (Å²) in [5, 5.41) is 3.04.